The summed E-state index contributed by atoms with van der Waals surface area (Å²) in [6, 6.07) is 0. The number of alkyl halides is 6. The Labute approximate surface area is 68.9 Å². The molecule has 1 N–H and O–H groups in total. The van der Waals surface area contributed by atoms with Crippen LogP contribution in [0.5, 0.6) is 0 Å². The van der Waals surface area contributed by atoms with Crippen LogP contribution in [0.2, 0.25) is 0 Å². The average Bonchev–Trinajstić information content (AvgIpc) is 1.80. The third kappa shape index (κ3) is 3.11. The molecule has 1 amide bonds. The van der Waals surface area contributed by atoms with E-state index in [1.165, 1.54) is 5.32 Å². The Kier molecular flexibility index (Phi) is 3.18. The van der Waals surface area contributed by atoms with Crippen LogP contribution in [0, 0.1) is 5.92 Å². The minimum Gasteiger partial charge on any atom is -0.358 e. The zero-order valence-corrected chi connectivity index (χ0v) is 6.25. The molecule has 0 aliphatic carbocycles. The van der Waals surface area contributed by atoms with Crippen molar-refractivity contribution in [3.8, 4) is 0 Å². The summed E-state index contributed by atoms with van der Waals surface area (Å²) in [6.45, 7) is 0. The lowest BCUT2D eigenvalue weighted by atomic mass is 10.1. The monoisotopic (exact) mass is 209 g/mol. The molecule has 0 atom stereocenters. The second-order valence-electron chi connectivity index (χ2n) is 2.13. The van der Waals surface area contributed by atoms with Gasteiger partial charge in [0.1, 0.15) is 0 Å². The Bertz CT molecular complexity index is 180. The fraction of sp³-hybridized carbons (Fsp3) is 0.800. The highest BCUT2D eigenvalue weighted by Gasteiger charge is 2.60. The van der Waals surface area contributed by atoms with Crippen LogP contribution in [-0.4, -0.2) is 25.3 Å². The highest BCUT2D eigenvalue weighted by atomic mass is 19.4. The lowest BCUT2D eigenvalue weighted by molar-refractivity contribution is -0.274. The van der Waals surface area contributed by atoms with Gasteiger partial charge in [-0.3, -0.25) is 4.79 Å². The van der Waals surface area contributed by atoms with Crippen LogP contribution in [-0.2, 0) is 4.79 Å². The number of hydrogen-bond donors (Lipinski definition) is 1. The number of rotatable bonds is 1. The quantitative estimate of drug-likeness (QED) is 0.651. The largest absolute Gasteiger partial charge is 0.409 e. The van der Waals surface area contributed by atoms with Crippen LogP contribution in [0.25, 0.3) is 0 Å². The third-order valence-corrected chi connectivity index (χ3v) is 1.16. The smallest absolute Gasteiger partial charge is 0.358 e. The van der Waals surface area contributed by atoms with Gasteiger partial charge in [0.05, 0.1) is 0 Å². The zero-order chi connectivity index (χ0) is 10.9. The Morgan fingerprint density at radius 2 is 1.38 bits per heavy atom. The minimum atomic E-state index is -5.61. The maximum absolute atomic E-state index is 11.7. The van der Waals surface area contributed by atoms with Crippen molar-refractivity contribution < 1.29 is 31.1 Å². The predicted octanol–water partition coefficient (Wildman–Crippen LogP) is 1.47. The second-order valence-corrected chi connectivity index (χ2v) is 2.13. The Morgan fingerprint density at radius 1 is 1.08 bits per heavy atom. The van der Waals surface area contributed by atoms with Gasteiger partial charge in [-0.05, 0) is 0 Å². The van der Waals surface area contributed by atoms with E-state index >= 15 is 0 Å². The van der Waals surface area contributed by atoms with E-state index < -0.39 is 24.2 Å². The molecule has 0 heterocycles. The second kappa shape index (κ2) is 3.43. The van der Waals surface area contributed by atoms with E-state index in [-0.39, 0.29) is 0 Å². The molecule has 8 heteroatoms. The van der Waals surface area contributed by atoms with Gasteiger partial charge in [0.15, 0.2) is 0 Å². The van der Waals surface area contributed by atoms with Crippen molar-refractivity contribution in [2.45, 2.75) is 12.4 Å². The molecule has 0 saturated carbocycles. The van der Waals surface area contributed by atoms with Crippen molar-refractivity contribution in [2.24, 2.45) is 5.92 Å². The SMILES string of the molecule is CNC(=O)C(C(F)(F)F)C(F)(F)F. The van der Waals surface area contributed by atoms with Crippen molar-refractivity contribution >= 4 is 5.91 Å². The summed E-state index contributed by atoms with van der Waals surface area (Å²) in [6.07, 6.45) is -11.2. The van der Waals surface area contributed by atoms with Crippen LogP contribution < -0.4 is 5.32 Å². The maximum atomic E-state index is 11.7. The van der Waals surface area contributed by atoms with Gasteiger partial charge >= 0.3 is 12.4 Å². The van der Waals surface area contributed by atoms with Crippen molar-refractivity contribution in [3.63, 3.8) is 0 Å². The number of carbonyl (C=O) groups is 1. The standard InChI is InChI=1S/C5H5F6NO/c1-12-3(13)2(4(6,7)8)5(9,10)11/h2H,1H3,(H,12,13). The first-order valence-corrected chi connectivity index (χ1v) is 2.95. The first-order chi connectivity index (χ1) is 5.60. The van der Waals surface area contributed by atoms with Gasteiger partial charge in [-0.1, -0.05) is 0 Å². The number of nitrogens with one attached hydrogen (secondary N) is 1. The Morgan fingerprint density at radius 3 is 1.46 bits per heavy atom. The lowest BCUT2D eigenvalue weighted by Gasteiger charge is -2.20. The first-order valence-electron chi connectivity index (χ1n) is 2.95. The van der Waals surface area contributed by atoms with Crippen LogP contribution in [0.1, 0.15) is 0 Å². The van der Waals surface area contributed by atoms with Gasteiger partial charge in [-0.25, -0.2) is 0 Å². The summed E-state index contributed by atoms with van der Waals surface area (Å²) in [5.41, 5.74) is 0. The molecule has 0 aliphatic heterocycles. The number of amides is 1. The van der Waals surface area contributed by atoms with Gasteiger partial charge in [-0.2, -0.15) is 26.3 Å². The van der Waals surface area contributed by atoms with Gasteiger partial charge < -0.3 is 5.32 Å². The summed E-state index contributed by atoms with van der Waals surface area (Å²) in [7, 11) is 0.701. The lowest BCUT2D eigenvalue weighted by Crippen LogP contribution is -2.46. The topological polar surface area (TPSA) is 29.1 Å². The Balaban J connectivity index is 4.89. The molecule has 0 saturated heterocycles. The highest BCUT2D eigenvalue weighted by Crippen LogP contribution is 2.39. The van der Waals surface area contributed by atoms with Crippen molar-refractivity contribution in [1.82, 2.24) is 5.32 Å². The maximum Gasteiger partial charge on any atom is 0.409 e. The number of hydrogen-bond acceptors (Lipinski definition) is 1. The first kappa shape index (κ1) is 12.0. The van der Waals surface area contributed by atoms with Gasteiger partial charge in [0.2, 0.25) is 11.8 Å². The molecule has 13 heavy (non-hydrogen) atoms. The molecule has 0 fully saturated rings. The molecular formula is C5H5F6NO. The van der Waals surface area contributed by atoms with E-state index in [0.29, 0.717) is 7.05 Å². The van der Waals surface area contributed by atoms with Gasteiger partial charge in [0, 0.05) is 7.05 Å². The van der Waals surface area contributed by atoms with Crippen LogP contribution in [0.3, 0.4) is 0 Å². The molecule has 0 rings (SSSR count). The normalized spacial score (nSPS) is 13.2. The fourth-order valence-electron chi connectivity index (χ4n) is 0.627. The highest BCUT2D eigenvalue weighted by molar-refractivity contribution is 5.79. The van der Waals surface area contributed by atoms with Gasteiger partial charge in [0.25, 0.3) is 0 Å². The molecule has 0 radical (unpaired) electrons. The van der Waals surface area contributed by atoms with E-state index in [1.54, 1.807) is 0 Å². The number of halogens is 6. The summed E-state index contributed by atoms with van der Waals surface area (Å²) >= 11 is 0. The van der Waals surface area contributed by atoms with E-state index in [1.807, 2.05) is 0 Å². The number of carbonyl (C=O) groups excluding carboxylic acids is 1. The van der Waals surface area contributed by atoms with Crippen molar-refractivity contribution in [1.29, 1.82) is 0 Å². The average molecular weight is 209 g/mol. The summed E-state index contributed by atoms with van der Waals surface area (Å²) in [5, 5.41) is 1.30. The molecule has 78 valence electrons. The molecule has 0 aromatic carbocycles. The molecule has 0 aliphatic rings. The molecule has 0 spiro atoms. The molecule has 0 aromatic heterocycles. The van der Waals surface area contributed by atoms with Crippen molar-refractivity contribution in [3.05, 3.63) is 0 Å². The van der Waals surface area contributed by atoms with Crippen molar-refractivity contribution in [2.75, 3.05) is 7.05 Å². The Hall–Kier alpha value is -0.950. The van der Waals surface area contributed by atoms with E-state index in [9.17, 15) is 31.1 Å². The molecular weight excluding hydrogens is 204 g/mol. The fourth-order valence-corrected chi connectivity index (χ4v) is 0.627. The van der Waals surface area contributed by atoms with E-state index in [0.717, 1.165) is 0 Å². The van der Waals surface area contributed by atoms with Crippen LogP contribution >= 0.6 is 0 Å². The van der Waals surface area contributed by atoms with E-state index in [2.05, 4.69) is 0 Å². The van der Waals surface area contributed by atoms with Crippen LogP contribution in [0.15, 0.2) is 0 Å². The van der Waals surface area contributed by atoms with Gasteiger partial charge in [-0.15, -0.1) is 0 Å². The predicted molar refractivity (Wildman–Crippen MR) is 29.7 cm³/mol. The third-order valence-electron chi connectivity index (χ3n) is 1.16. The molecule has 0 bridgehead atoms. The van der Waals surface area contributed by atoms with E-state index in [4.69, 9.17) is 0 Å². The minimum absolute atomic E-state index is 0.701. The molecule has 2 nitrogen and oxygen atoms in total. The summed E-state index contributed by atoms with van der Waals surface area (Å²) in [5.74, 6) is -6.06. The molecule has 0 aromatic rings. The zero-order valence-electron chi connectivity index (χ0n) is 6.25. The summed E-state index contributed by atoms with van der Waals surface area (Å²) < 4.78 is 70.0. The molecule has 0 unspecified atom stereocenters. The summed E-state index contributed by atoms with van der Waals surface area (Å²) in [4.78, 5) is 10.3. The van der Waals surface area contributed by atoms with Crippen LogP contribution in [0.4, 0.5) is 26.3 Å².